The topological polar surface area (TPSA) is 34.2 Å². The molecule has 1 saturated carbocycles. The maximum atomic E-state index is 6.00. The van der Waals surface area contributed by atoms with E-state index in [1.165, 1.54) is 76.6 Å². The first-order valence-corrected chi connectivity index (χ1v) is 12.6. The third-order valence-electron chi connectivity index (χ3n) is 7.43. The molecule has 2 heterocycles. The molecule has 0 aromatic heterocycles. The molecule has 0 unspecified atom stereocenters. The Labute approximate surface area is 189 Å². The number of methoxy groups -OCH3 is 1. The molecule has 4 rings (SSSR count). The van der Waals surface area contributed by atoms with E-state index in [0.29, 0.717) is 12.7 Å². The van der Waals surface area contributed by atoms with E-state index in [2.05, 4.69) is 21.9 Å². The van der Waals surface area contributed by atoms with Gasteiger partial charge in [-0.05, 0) is 82.2 Å². The molecule has 5 heteroatoms. The maximum absolute atomic E-state index is 6.00. The molecule has 1 aromatic carbocycles. The molecule has 2 aliphatic heterocycles. The molecule has 0 spiro atoms. The quantitative estimate of drug-likeness (QED) is 0.536. The van der Waals surface area contributed by atoms with E-state index >= 15 is 0 Å². The van der Waals surface area contributed by atoms with Crippen molar-refractivity contribution in [2.24, 2.45) is 5.92 Å². The van der Waals surface area contributed by atoms with Crippen molar-refractivity contribution in [1.82, 2.24) is 9.80 Å². The Morgan fingerprint density at radius 1 is 1.00 bits per heavy atom. The summed E-state index contributed by atoms with van der Waals surface area (Å²) in [6.45, 7) is 9.35. The monoisotopic (exact) mass is 430 g/mol. The normalized spacial score (nSPS) is 23.6. The van der Waals surface area contributed by atoms with Crippen molar-refractivity contribution in [2.75, 3.05) is 46.5 Å². The maximum Gasteiger partial charge on any atom is 0.161 e. The Morgan fingerprint density at radius 3 is 2.48 bits per heavy atom. The average Bonchev–Trinajstić information content (AvgIpc) is 3.49. The lowest BCUT2D eigenvalue weighted by molar-refractivity contribution is 0.0539. The summed E-state index contributed by atoms with van der Waals surface area (Å²) < 4.78 is 17.3. The molecule has 1 aliphatic carbocycles. The second-order valence-corrected chi connectivity index (χ2v) is 9.66. The van der Waals surface area contributed by atoms with Crippen LogP contribution in [-0.4, -0.2) is 68.4 Å². The molecule has 1 aromatic rings. The number of hydrogen-bond acceptors (Lipinski definition) is 5. The van der Waals surface area contributed by atoms with Crippen LogP contribution < -0.4 is 9.47 Å². The molecule has 174 valence electrons. The minimum atomic E-state index is 0.392. The van der Waals surface area contributed by atoms with Gasteiger partial charge in [-0.25, -0.2) is 0 Å². The van der Waals surface area contributed by atoms with Gasteiger partial charge < -0.3 is 19.1 Å². The van der Waals surface area contributed by atoms with Gasteiger partial charge in [-0.3, -0.25) is 4.90 Å². The number of hydrogen-bond donors (Lipinski definition) is 0. The standard InChI is InChI=1S/C26H42N2O3/c1-3-30-26-17-22(10-11-25(26)29-2)19-27(20-24-9-6-16-31-24)18-21-12-14-28(15-13-21)23-7-4-5-8-23/h10-11,17,21,23-24H,3-9,12-16,18-20H2,1-2H3/t24-/m0/s1. The minimum Gasteiger partial charge on any atom is -0.493 e. The lowest BCUT2D eigenvalue weighted by Gasteiger charge is -2.38. The molecule has 0 N–H and O–H groups in total. The SMILES string of the molecule is CCOc1cc(CN(CC2CCN(C3CCCC3)CC2)C[C@@H]2CCCO2)ccc1OC. The molecular formula is C26H42N2O3. The number of nitrogens with zero attached hydrogens (tertiary/aromatic N) is 2. The van der Waals surface area contributed by atoms with Gasteiger partial charge in [0.1, 0.15) is 0 Å². The number of benzene rings is 1. The van der Waals surface area contributed by atoms with Crippen LogP contribution in [0.15, 0.2) is 18.2 Å². The zero-order valence-electron chi connectivity index (χ0n) is 19.7. The molecule has 3 aliphatic rings. The first-order valence-electron chi connectivity index (χ1n) is 12.6. The van der Waals surface area contributed by atoms with Crippen molar-refractivity contribution in [3.8, 4) is 11.5 Å². The fourth-order valence-electron chi connectivity index (χ4n) is 5.76. The molecule has 31 heavy (non-hydrogen) atoms. The van der Waals surface area contributed by atoms with Crippen LogP contribution in [0.3, 0.4) is 0 Å². The van der Waals surface area contributed by atoms with Gasteiger partial charge >= 0.3 is 0 Å². The first kappa shape index (κ1) is 22.9. The van der Waals surface area contributed by atoms with E-state index in [-0.39, 0.29) is 0 Å². The summed E-state index contributed by atoms with van der Waals surface area (Å²) in [4.78, 5) is 5.43. The fourth-order valence-corrected chi connectivity index (χ4v) is 5.76. The van der Waals surface area contributed by atoms with E-state index in [9.17, 15) is 0 Å². The van der Waals surface area contributed by atoms with Crippen molar-refractivity contribution in [2.45, 2.75) is 77.0 Å². The van der Waals surface area contributed by atoms with Gasteiger partial charge in [0.15, 0.2) is 11.5 Å². The summed E-state index contributed by atoms with van der Waals surface area (Å²) in [5.41, 5.74) is 1.30. The number of rotatable bonds is 10. The van der Waals surface area contributed by atoms with Crippen LogP contribution in [0.2, 0.25) is 0 Å². The van der Waals surface area contributed by atoms with Crippen molar-refractivity contribution in [3.63, 3.8) is 0 Å². The number of ether oxygens (including phenoxy) is 3. The minimum absolute atomic E-state index is 0.392. The van der Waals surface area contributed by atoms with E-state index in [1.54, 1.807) is 7.11 Å². The highest BCUT2D eigenvalue weighted by Gasteiger charge is 2.29. The van der Waals surface area contributed by atoms with Crippen LogP contribution in [0.25, 0.3) is 0 Å². The molecule has 0 amide bonds. The highest BCUT2D eigenvalue weighted by molar-refractivity contribution is 5.43. The lowest BCUT2D eigenvalue weighted by Crippen LogP contribution is -2.43. The predicted octanol–water partition coefficient (Wildman–Crippen LogP) is 4.73. The van der Waals surface area contributed by atoms with Gasteiger partial charge in [0.05, 0.1) is 19.8 Å². The van der Waals surface area contributed by atoms with Crippen molar-refractivity contribution in [3.05, 3.63) is 23.8 Å². The summed E-state index contributed by atoms with van der Waals surface area (Å²) in [5, 5.41) is 0. The molecular weight excluding hydrogens is 388 g/mol. The molecule has 2 saturated heterocycles. The molecule has 1 atom stereocenters. The third-order valence-corrected chi connectivity index (χ3v) is 7.43. The van der Waals surface area contributed by atoms with Crippen molar-refractivity contribution in [1.29, 1.82) is 0 Å². The van der Waals surface area contributed by atoms with Gasteiger partial charge in [-0.15, -0.1) is 0 Å². The zero-order chi connectivity index (χ0) is 21.5. The van der Waals surface area contributed by atoms with Gasteiger partial charge in [0.2, 0.25) is 0 Å². The second kappa shape index (κ2) is 11.5. The van der Waals surface area contributed by atoms with Gasteiger partial charge in [-0.2, -0.15) is 0 Å². The van der Waals surface area contributed by atoms with Gasteiger partial charge in [0.25, 0.3) is 0 Å². The van der Waals surface area contributed by atoms with E-state index in [1.807, 2.05) is 13.0 Å². The van der Waals surface area contributed by atoms with Crippen LogP contribution in [0.5, 0.6) is 11.5 Å². The van der Waals surface area contributed by atoms with Crippen LogP contribution in [0, 0.1) is 5.92 Å². The molecule has 0 bridgehead atoms. The zero-order valence-corrected chi connectivity index (χ0v) is 19.7. The van der Waals surface area contributed by atoms with Gasteiger partial charge in [0, 0.05) is 32.3 Å². The second-order valence-electron chi connectivity index (χ2n) is 9.66. The number of piperidine rings is 1. The Bertz CT molecular complexity index is 663. The third kappa shape index (κ3) is 6.36. The number of likely N-dealkylation sites (tertiary alicyclic amines) is 1. The fraction of sp³-hybridized carbons (Fsp3) is 0.769. The Kier molecular flexibility index (Phi) is 8.51. The molecule has 3 fully saturated rings. The van der Waals surface area contributed by atoms with Crippen LogP contribution in [0.4, 0.5) is 0 Å². The predicted molar refractivity (Wildman–Crippen MR) is 125 cm³/mol. The van der Waals surface area contributed by atoms with Crippen LogP contribution >= 0.6 is 0 Å². The lowest BCUT2D eigenvalue weighted by atomic mass is 9.94. The summed E-state index contributed by atoms with van der Waals surface area (Å²) in [5.74, 6) is 2.46. The van der Waals surface area contributed by atoms with E-state index in [0.717, 1.165) is 43.2 Å². The van der Waals surface area contributed by atoms with Crippen molar-refractivity contribution < 1.29 is 14.2 Å². The summed E-state index contributed by atoms with van der Waals surface area (Å²) >= 11 is 0. The average molecular weight is 431 g/mol. The molecule has 0 radical (unpaired) electrons. The molecule has 5 nitrogen and oxygen atoms in total. The Hall–Kier alpha value is -1.30. The van der Waals surface area contributed by atoms with Gasteiger partial charge in [-0.1, -0.05) is 18.9 Å². The summed E-state index contributed by atoms with van der Waals surface area (Å²) in [6, 6.07) is 7.27. The van der Waals surface area contributed by atoms with Crippen LogP contribution in [-0.2, 0) is 11.3 Å². The smallest absolute Gasteiger partial charge is 0.161 e. The van der Waals surface area contributed by atoms with Crippen LogP contribution in [0.1, 0.15) is 63.9 Å². The van der Waals surface area contributed by atoms with Crippen molar-refractivity contribution >= 4 is 0 Å². The Morgan fingerprint density at radius 2 is 1.81 bits per heavy atom. The first-order chi connectivity index (χ1) is 15.2. The highest BCUT2D eigenvalue weighted by Crippen LogP contribution is 2.31. The van der Waals surface area contributed by atoms with E-state index < -0.39 is 0 Å². The Balaban J connectivity index is 1.37. The largest absolute Gasteiger partial charge is 0.493 e. The highest BCUT2D eigenvalue weighted by atomic mass is 16.5. The van der Waals surface area contributed by atoms with E-state index in [4.69, 9.17) is 14.2 Å². The summed E-state index contributed by atoms with van der Waals surface area (Å²) in [6.07, 6.45) is 11.2. The summed E-state index contributed by atoms with van der Waals surface area (Å²) in [7, 11) is 1.71.